The molecule has 0 amide bonds. The Hall–Kier alpha value is -1.22. The molecule has 1 saturated heterocycles. The zero-order valence-electron chi connectivity index (χ0n) is 9.08. The summed E-state index contributed by atoms with van der Waals surface area (Å²) in [6.07, 6.45) is 3.69. The van der Waals surface area contributed by atoms with Crippen LogP contribution in [-0.4, -0.2) is 24.5 Å². The lowest BCUT2D eigenvalue weighted by atomic mass is 10.1. The lowest BCUT2D eigenvalue weighted by Gasteiger charge is -2.15. The zero-order valence-corrected chi connectivity index (χ0v) is 9.08. The van der Waals surface area contributed by atoms with Gasteiger partial charge in [-0.25, -0.2) is 0 Å². The van der Waals surface area contributed by atoms with E-state index in [0.717, 1.165) is 18.7 Å². The normalized spacial score (nSPS) is 17.1. The van der Waals surface area contributed by atoms with Crippen LogP contribution < -0.4 is 11.5 Å². The topological polar surface area (TPSA) is 55.3 Å². The van der Waals surface area contributed by atoms with E-state index >= 15 is 0 Å². The fraction of sp³-hybridized carbons (Fsp3) is 0.500. The van der Waals surface area contributed by atoms with Gasteiger partial charge >= 0.3 is 0 Å². The maximum Gasteiger partial charge on any atom is 0.0580 e. The van der Waals surface area contributed by atoms with Crippen molar-refractivity contribution in [3.63, 3.8) is 0 Å². The van der Waals surface area contributed by atoms with Gasteiger partial charge in [0.25, 0.3) is 0 Å². The number of rotatable bonds is 3. The molecule has 1 heterocycles. The van der Waals surface area contributed by atoms with E-state index in [2.05, 4.69) is 11.0 Å². The smallest absolute Gasteiger partial charge is 0.0580 e. The number of anilines is 2. The molecule has 3 nitrogen and oxygen atoms in total. The first-order valence-electron chi connectivity index (χ1n) is 5.62. The van der Waals surface area contributed by atoms with Crippen LogP contribution in [0.4, 0.5) is 11.4 Å². The summed E-state index contributed by atoms with van der Waals surface area (Å²) in [6, 6.07) is 5.90. The van der Waals surface area contributed by atoms with Gasteiger partial charge in [-0.15, -0.1) is 0 Å². The van der Waals surface area contributed by atoms with Crippen LogP contribution in [0.15, 0.2) is 18.2 Å². The molecule has 82 valence electrons. The van der Waals surface area contributed by atoms with Crippen LogP contribution in [0.25, 0.3) is 0 Å². The van der Waals surface area contributed by atoms with E-state index < -0.39 is 0 Å². The summed E-state index contributed by atoms with van der Waals surface area (Å²) >= 11 is 0. The number of nitrogen functional groups attached to an aromatic ring is 2. The number of nitrogens with two attached hydrogens (primary N) is 2. The molecule has 1 fully saturated rings. The molecule has 1 aromatic rings. The molecule has 3 heteroatoms. The van der Waals surface area contributed by atoms with Crippen molar-refractivity contribution in [2.75, 3.05) is 31.1 Å². The molecule has 4 N–H and O–H groups in total. The van der Waals surface area contributed by atoms with Crippen LogP contribution in [0.2, 0.25) is 0 Å². The highest BCUT2D eigenvalue weighted by Gasteiger charge is 2.11. The third-order valence-electron chi connectivity index (χ3n) is 3.13. The van der Waals surface area contributed by atoms with E-state index in [9.17, 15) is 0 Å². The Balaban J connectivity index is 1.95. The number of hydrogen-bond acceptors (Lipinski definition) is 3. The summed E-state index contributed by atoms with van der Waals surface area (Å²) < 4.78 is 0. The Morgan fingerprint density at radius 2 is 1.87 bits per heavy atom. The molecule has 0 aliphatic carbocycles. The predicted molar refractivity (Wildman–Crippen MR) is 64.6 cm³/mol. The minimum atomic E-state index is 0.703. The van der Waals surface area contributed by atoms with Gasteiger partial charge in [-0.2, -0.15) is 0 Å². The first kappa shape index (κ1) is 10.3. The molecule has 0 bridgehead atoms. The largest absolute Gasteiger partial charge is 0.397 e. The van der Waals surface area contributed by atoms with Crippen molar-refractivity contribution in [3.05, 3.63) is 23.8 Å². The molecule has 0 unspecified atom stereocenters. The molecule has 1 aromatic carbocycles. The summed E-state index contributed by atoms with van der Waals surface area (Å²) in [6.45, 7) is 3.58. The van der Waals surface area contributed by atoms with Crippen LogP contribution >= 0.6 is 0 Å². The average Bonchev–Trinajstić information content (AvgIpc) is 2.73. The Kier molecular flexibility index (Phi) is 3.11. The van der Waals surface area contributed by atoms with Gasteiger partial charge in [0.1, 0.15) is 0 Å². The monoisotopic (exact) mass is 205 g/mol. The van der Waals surface area contributed by atoms with Crippen molar-refractivity contribution in [3.8, 4) is 0 Å². The summed E-state index contributed by atoms with van der Waals surface area (Å²) in [4.78, 5) is 2.49. The van der Waals surface area contributed by atoms with Crippen molar-refractivity contribution in [1.29, 1.82) is 0 Å². The number of likely N-dealkylation sites (tertiary alicyclic amines) is 1. The Labute approximate surface area is 91.1 Å². The first-order chi connectivity index (χ1) is 7.27. The predicted octanol–water partition coefficient (Wildman–Crippen LogP) is 1.49. The number of benzene rings is 1. The van der Waals surface area contributed by atoms with E-state index in [1.165, 1.54) is 31.5 Å². The molecule has 0 spiro atoms. The van der Waals surface area contributed by atoms with Crippen molar-refractivity contribution in [2.45, 2.75) is 19.3 Å². The Bertz CT molecular complexity index is 330. The second kappa shape index (κ2) is 4.53. The highest BCUT2D eigenvalue weighted by atomic mass is 15.1. The standard InChI is InChI=1S/C12H19N3/c13-11-5-3-4-10(12(11)14)6-9-15-7-1-2-8-15/h3-5H,1-2,6-9,13-14H2. The van der Waals surface area contributed by atoms with Gasteiger partial charge in [-0.05, 0) is 44.0 Å². The van der Waals surface area contributed by atoms with Gasteiger partial charge in [0.2, 0.25) is 0 Å². The molecule has 0 aromatic heterocycles. The molecule has 2 rings (SSSR count). The number of hydrogen-bond donors (Lipinski definition) is 2. The minimum absolute atomic E-state index is 0.703. The van der Waals surface area contributed by atoms with Gasteiger partial charge in [0.05, 0.1) is 11.4 Å². The molecule has 0 saturated carbocycles. The fourth-order valence-electron chi connectivity index (χ4n) is 2.14. The highest BCUT2D eigenvalue weighted by Crippen LogP contribution is 2.20. The molecule has 1 aliphatic heterocycles. The second-order valence-electron chi connectivity index (χ2n) is 4.22. The SMILES string of the molecule is Nc1cccc(CCN2CCCC2)c1N. The lowest BCUT2D eigenvalue weighted by molar-refractivity contribution is 0.344. The van der Waals surface area contributed by atoms with Crippen LogP contribution in [-0.2, 0) is 6.42 Å². The minimum Gasteiger partial charge on any atom is -0.397 e. The first-order valence-corrected chi connectivity index (χ1v) is 5.62. The van der Waals surface area contributed by atoms with Crippen molar-refractivity contribution >= 4 is 11.4 Å². The number of para-hydroxylation sites is 1. The average molecular weight is 205 g/mol. The molecule has 1 aliphatic rings. The highest BCUT2D eigenvalue weighted by molar-refractivity contribution is 5.67. The Morgan fingerprint density at radius 1 is 1.13 bits per heavy atom. The van der Waals surface area contributed by atoms with Crippen molar-refractivity contribution in [2.24, 2.45) is 0 Å². The van der Waals surface area contributed by atoms with E-state index in [0.29, 0.717) is 5.69 Å². The summed E-state index contributed by atoms with van der Waals surface area (Å²) in [5.74, 6) is 0. The summed E-state index contributed by atoms with van der Waals surface area (Å²) in [5, 5.41) is 0. The maximum absolute atomic E-state index is 5.92. The van der Waals surface area contributed by atoms with Crippen molar-refractivity contribution < 1.29 is 0 Å². The fourth-order valence-corrected chi connectivity index (χ4v) is 2.14. The maximum atomic E-state index is 5.92. The van der Waals surface area contributed by atoms with Crippen LogP contribution in [0.3, 0.4) is 0 Å². The molecule has 0 atom stereocenters. The van der Waals surface area contributed by atoms with Gasteiger partial charge in [-0.1, -0.05) is 12.1 Å². The molecule has 0 radical (unpaired) electrons. The van der Waals surface area contributed by atoms with Crippen LogP contribution in [0.5, 0.6) is 0 Å². The second-order valence-corrected chi connectivity index (χ2v) is 4.22. The van der Waals surface area contributed by atoms with Crippen molar-refractivity contribution in [1.82, 2.24) is 4.90 Å². The molecular weight excluding hydrogens is 186 g/mol. The van der Waals surface area contributed by atoms with E-state index in [1.54, 1.807) is 0 Å². The van der Waals surface area contributed by atoms with Gasteiger partial charge in [0, 0.05) is 6.54 Å². The van der Waals surface area contributed by atoms with E-state index in [4.69, 9.17) is 11.5 Å². The Morgan fingerprint density at radius 3 is 2.60 bits per heavy atom. The summed E-state index contributed by atoms with van der Waals surface area (Å²) in [5.41, 5.74) is 14.3. The van der Waals surface area contributed by atoms with Gasteiger partial charge in [-0.3, -0.25) is 0 Å². The molecular formula is C12H19N3. The van der Waals surface area contributed by atoms with E-state index in [1.807, 2.05) is 12.1 Å². The van der Waals surface area contributed by atoms with Gasteiger partial charge < -0.3 is 16.4 Å². The lowest BCUT2D eigenvalue weighted by Crippen LogP contribution is -2.22. The molecule has 15 heavy (non-hydrogen) atoms. The summed E-state index contributed by atoms with van der Waals surface area (Å²) in [7, 11) is 0. The number of nitrogens with zero attached hydrogens (tertiary/aromatic N) is 1. The van der Waals surface area contributed by atoms with Gasteiger partial charge in [0.15, 0.2) is 0 Å². The zero-order chi connectivity index (χ0) is 10.7. The third-order valence-corrected chi connectivity index (χ3v) is 3.13. The van der Waals surface area contributed by atoms with Crippen LogP contribution in [0, 0.1) is 0 Å². The van der Waals surface area contributed by atoms with Crippen LogP contribution in [0.1, 0.15) is 18.4 Å². The third kappa shape index (κ3) is 2.42. The van der Waals surface area contributed by atoms with E-state index in [-0.39, 0.29) is 0 Å². The quantitative estimate of drug-likeness (QED) is 0.735.